The molecule has 0 aromatic heterocycles. The molecule has 5 rings (SSSR count). The lowest BCUT2D eigenvalue weighted by Crippen LogP contribution is -2.63. The van der Waals surface area contributed by atoms with Crippen molar-refractivity contribution >= 4 is 17.6 Å². The van der Waals surface area contributed by atoms with E-state index in [0.717, 1.165) is 11.3 Å². The van der Waals surface area contributed by atoms with Crippen LogP contribution in [-0.2, 0) is 24.5 Å². The number of rotatable bonds is 1. The molecule has 0 bridgehead atoms. The second kappa shape index (κ2) is 5.81. The Morgan fingerprint density at radius 2 is 2.18 bits per heavy atom. The van der Waals surface area contributed by atoms with E-state index in [0.29, 0.717) is 31.5 Å². The van der Waals surface area contributed by atoms with Crippen molar-refractivity contribution in [1.29, 1.82) is 0 Å². The van der Waals surface area contributed by atoms with Crippen LogP contribution in [0.2, 0.25) is 0 Å². The highest BCUT2D eigenvalue weighted by Gasteiger charge is 2.66. The molecule has 0 saturated carbocycles. The van der Waals surface area contributed by atoms with Gasteiger partial charge in [0.25, 0.3) is 0 Å². The standard InChI is InChI=1S/C21H24N2O5/c1-12-14-10-23(26)8-7-21(16-5-3-4-6-17(16)22-20(21)25)18(23)9-13(14)15(11-28-12)19(24)27-2/h3-6,11-14,18H,7-10H2,1-2H3,(H,22,25)/t12-,13-,14-,18-,21+,23?/m0/s1. The van der Waals surface area contributed by atoms with Gasteiger partial charge in [-0.15, -0.1) is 0 Å². The number of benzene rings is 1. The summed E-state index contributed by atoms with van der Waals surface area (Å²) in [4.78, 5) is 25.5. The second-order valence-corrected chi connectivity index (χ2v) is 8.51. The molecule has 7 nitrogen and oxygen atoms in total. The molecule has 2 fully saturated rings. The molecular formula is C21H24N2O5. The number of esters is 1. The zero-order valence-electron chi connectivity index (χ0n) is 16.0. The van der Waals surface area contributed by atoms with Gasteiger partial charge in [-0.2, -0.15) is 0 Å². The molecule has 1 unspecified atom stereocenters. The van der Waals surface area contributed by atoms with Crippen molar-refractivity contribution in [1.82, 2.24) is 0 Å². The number of anilines is 1. The average Bonchev–Trinajstić information content (AvgIpc) is 3.16. The lowest BCUT2D eigenvalue weighted by atomic mass is 9.66. The zero-order chi connectivity index (χ0) is 19.7. The fourth-order valence-corrected chi connectivity index (χ4v) is 6.04. The summed E-state index contributed by atoms with van der Waals surface area (Å²) in [6, 6.07) is 7.23. The highest BCUT2D eigenvalue weighted by molar-refractivity contribution is 6.07. The first-order valence-corrected chi connectivity index (χ1v) is 9.83. The van der Waals surface area contributed by atoms with E-state index in [1.807, 2.05) is 31.2 Å². The summed E-state index contributed by atoms with van der Waals surface area (Å²) in [7, 11) is 1.35. The largest absolute Gasteiger partial charge is 0.633 e. The molecular weight excluding hydrogens is 360 g/mol. The number of hydrogen-bond acceptors (Lipinski definition) is 5. The number of amides is 1. The number of piperidine rings is 1. The number of carbonyl (C=O) groups is 2. The minimum Gasteiger partial charge on any atom is -0.633 e. The second-order valence-electron chi connectivity index (χ2n) is 8.51. The van der Waals surface area contributed by atoms with Crippen LogP contribution in [0.1, 0.15) is 25.3 Å². The third kappa shape index (κ3) is 2.11. The highest BCUT2D eigenvalue weighted by atomic mass is 16.6. The topological polar surface area (TPSA) is 87.7 Å². The molecule has 0 radical (unpaired) electrons. The molecule has 4 aliphatic rings. The van der Waals surface area contributed by atoms with Gasteiger partial charge in [-0.3, -0.25) is 4.79 Å². The van der Waals surface area contributed by atoms with Gasteiger partial charge in [-0.25, -0.2) is 4.79 Å². The van der Waals surface area contributed by atoms with Gasteiger partial charge >= 0.3 is 5.97 Å². The summed E-state index contributed by atoms with van der Waals surface area (Å²) >= 11 is 0. The van der Waals surface area contributed by atoms with Crippen molar-refractivity contribution in [3.63, 3.8) is 0 Å². The molecule has 148 valence electrons. The molecule has 1 aromatic carbocycles. The normalized spacial score (nSPS) is 40.7. The predicted molar refractivity (Wildman–Crippen MR) is 101 cm³/mol. The number of hydroxylamine groups is 3. The monoisotopic (exact) mass is 384 g/mol. The molecule has 4 heterocycles. The SMILES string of the molecule is COC(=O)C1=CO[C@@H](C)[C@@H]2C[N+]3([O-])CC[C@]4(C(=O)Nc5ccccc54)[C@@H]3C[C@H]12. The molecule has 28 heavy (non-hydrogen) atoms. The van der Waals surface area contributed by atoms with Gasteiger partial charge in [-0.05, 0) is 18.6 Å². The van der Waals surface area contributed by atoms with Crippen molar-refractivity contribution in [3.8, 4) is 0 Å². The Morgan fingerprint density at radius 1 is 1.39 bits per heavy atom. The van der Waals surface area contributed by atoms with Crippen LogP contribution in [0.3, 0.4) is 0 Å². The van der Waals surface area contributed by atoms with Crippen LogP contribution >= 0.6 is 0 Å². The lowest BCUT2D eigenvalue weighted by molar-refractivity contribution is -0.905. The minimum absolute atomic E-state index is 0.0669. The molecule has 7 heteroatoms. The van der Waals surface area contributed by atoms with Gasteiger partial charge in [0.05, 0.1) is 38.0 Å². The van der Waals surface area contributed by atoms with E-state index >= 15 is 0 Å². The number of para-hydroxylation sites is 1. The van der Waals surface area contributed by atoms with E-state index in [1.54, 1.807) is 0 Å². The maximum atomic E-state index is 13.9. The van der Waals surface area contributed by atoms with E-state index in [2.05, 4.69) is 5.32 Å². The maximum Gasteiger partial charge on any atom is 0.337 e. The first-order chi connectivity index (χ1) is 13.4. The number of ether oxygens (including phenoxy) is 2. The third-order valence-electron chi connectivity index (χ3n) is 7.43. The summed E-state index contributed by atoms with van der Waals surface area (Å²) in [6.07, 6.45) is 2.34. The van der Waals surface area contributed by atoms with Gasteiger partial charge < -0.3 is 24.6 Å². The summed E-state index contributed by atoms with van der Waals surface area (Å²) in [6.45, 7) is 2.69. The summed E-state index contributed by atoms with van der Waals surface area (Å²) in [5, 5.41) is 16.9. The molecule has 1 aromatic rings. The molecule has 1 amide bonds. The Bertz CT molecular complexity index is 899. The van der Waals surface area contributed by atoms with Crippen molar-refractivity contribution in [2.24, 2.45) is 11.8 Å². The van der Waals surface area contributed by atoms with Crippen LogP contribution in [0, 0.1) is 17.0 Å². The fourth-order valence-electron chi connectivity index (χ4n) is 6.04. The van der Waals surface area contributed by atoms with Crippen LogP contribution in [0.5, 0.6) is 0 Å². The van der Waals surface area contributed by atoms with Gasteiger partial charge in [0, 0.05) is 24.4 Å². The summed E-state index contributed by atoms with van der Waals surface area (Å²) in [5.41, 5.74) is 1.37. The van der Waals surface area contributed by atoms with Gasteiger partial charge in [0.15, 0.2) is 0 Å². The number of fused-ring (bicyclic) bond motifs is 5. The van der Waals surface area contributed by atoms with Gasteiger partial charge in [0.1, 0.15) is 17.6 Å². The Hall–Kier alpha value is -2.38. The van der Waals surface area contributed by atoms with Crippen LogP contribution < -0.4 is 5.32 Å². The number of quaternary nitrogens is 1. The third-order valence-corrected chi connectivity index (χ3v) is 7.43. The smallest absolute Gasteiger partial charge is 0.337 e. The van der Waals surface area contributed by atoms with E-state index in [-0.39, 0.29) is 23.8 Å². The Morgan fingerprint density at radius 3 is 2.96 bits per heavy atom. The van der Waals surface area contributed by atoms with Crippen molar-refractivity contribution < 1.29 is 23.7 Å². The minimum atomic E-state index is -0.827. The first kappa shape index (κ1) is 17.7. The van der Waals surface area contributed by atoms with E-state index < -0.39 is 22.1 Å². The number of hydrogen-bond donors (Lipinski definition) is 1. The van der Waals surface area contributed by atoms with Gasteiger partial charge in [-0.1, -0.05) is 18.2 Å². The zero-order valence-corrected chi connectivity index (χ0v) is 16.0. The molecule has 2 saturated heterocycles. The van der Waals surface area contributed by atoms with Crippen LogP contribution in [0.4, 0.5) is 5.69 Å². The van der Waals surface area contributed by atoms with Crippen LogP contribution in [0.15, 0.2) is 36.1 Å². The molecule has 4 aliphatic heterocycles. The number of carbonyl (C=O) groups excluding carboxylic acids is 2. The Balaban J connectivity index is 1.60. The number of methoxy groups -OCH3 is 1. The van der Waals surface area contributed by atoms with E-state index in [1.165, 1.54) is 13.4 Å². The highest BCUT2D eigenvalue weighted by Crippen LogP contribution is 2.56. The fraction of sp³-hybridized carbons (Fsp3) is 0.524. The van der Waals surface area contributed by atoms with Crippen LogP contribution in [0.25, 0.3) is 0 Å². The van der Waals surface area contributed by atoms with E-state index in [9.17, 15) is 14.8 Å². The summed E-state index contributed by atoms with van der Waals surface area (Å²) < 4.78 is 10.2. The number of nitrogens with one attached hydrogen (secondary N) is 1. The molecule has 1 N–H and O–H groups in total. The Labute approximate surface area is 163 Å². The first-order valence-electron chi connectivity index (χ1n) is 9.83. The van der Waals surface area contributed by atoms with Crippen molar-refractivity contribution in [2.75, 3.05) is 25.5 Å². The average molecular weight is 384 g/mol. The maximum absolute atomic E-state index is 13.9. The lowest BCUT2D eigenvalue weighted by Gasteiger charge is -2.56. The number of nitrogens with zero attached hydrogens (tertiary/aromatic N) is 1. The van der Waals surface area contributed by atoms with Crippen molar-refractivity contribution in [3.05, 3.63) is 46.9 Å². The van der Waals surface area contributed by atoms with E-state index in [4.69, 9.17) is 9.47 Å². The molecule has 0 aliphatic carbocycles. The van der Waals surface area contributed by atoms with Crippen LogP contribution in [-0.4, -0.2) is 48.9 Å². The molecule has 6 atom stereocenters. The van der Waals surface area contributed by atoms with Gasteiger partial charge in [0.2, 0.25) is 5.91 Å². The quantitative estimate of drug-likeness (QED) is 0.455. The predicted octanol–water partition coefficient (Wildman–Crippen LogP) is 2.08. The summed E-state index contributed by atoms with van der Waals surface area (Å²) in [5.74, 6) is -0.715. The Kier molecular flexibility index (Phi) is 3.67. The van der Waals surface area contributed by atoms with Crippen molar-refractivity contribution in [2.45, 2.75) is 37.3 Å². The molecule has 1 spiro atoms.